The Morgan fingerprint density at radius 1 is 1.10 bits per heavy atom. The largest absolute Gasteiger partial charge is 0.484 e. The molecule has 2 aromatic rings. The van der Waals surface area contributed by atoms with E-state index in [9.17, 15) is 14.0 Å². The fourth-order valence-electron chi connectivity index (χ4n) is 3.02. The Labute approximate surface area is 192 Å². The molecule has 0 heterocycles. The first-order valence-electron chi connectivity index (χ1n) is 10.2. The van der Waals surface area contributed by atoms with Gasteiger partial charge in [-0.05, 0) is 54.8 Å². The van der Waals surface area contributed by atoms with Crippen molar-refractivity contribution in [3.05, 3.63) is 63.9 Å². The van der Waals surface area contributed by atoms with Crippen molar-refractivity contribution in [1.82, 2.24) is 10.2 Å². The molecular weight excluding hydrogens is 442 g/mol. The first-order valence-corrected chi connectivity index (χ1v) is 11.0. The van der Waals surface area contributed by atoms with Gasteiger partial charge >= 0.3 is 0 Å². The van der Waals surface area contributed by atoms with E-state index in [4.69, 9.17) is 27.9 Å². The van der Waals surface area contributed by atoms with Gasteiger partial charge < -0.3 is 15.0 Å². The molecule has 0 radical (unpaired) electrons. The molecule has 0 aliphatic rings. The van der Waals surface area contributed by atoms with Crippen LogP contribution in [-0.4, -0.2) is 35.9 Å². The van der Waals surface area contributed by atoms with Gasteiger partial charge in [0.15, 0.2) is 6.61 Å². The number of rotatable bonds is 11. The molecule has 5 nitrogen and oxygen atoms in total. The maximum atomic E-state index is 13.1. The van der Waals surface area contributed by atoms with Crippen molar-refractivity contribution in [2.24, 2.45) is 0 Å². The lowest BCUT2D eigenvalue weighted by atomic mass is 10.1. The van der Waals surface area contributed by atoms with Gasteiger partial charge in [0.25, 0.3) is 5.91 Å². The van der Waals surface area contributed by atoms with E-state index in [0.717, 1.165) is 18.4 Å². The number of nitrogens with one attached hydrogen (secondary N) is 1. The van der Waals surface area contributed by atoms with Gasteiger partial charge in [-0.3, -0.25) is 9.59 Å². The molecule has 0 aliphatic heterocycles. The highest BCUT2D eigenvalue weighted by Gasteiger charge is 2.29. The first-order chi connectivity index (χ1) is 14.8. The minimum absolute atomic E-state index is 0.169. The molecule has 0 fully saturated rings. The van der Waals surface area contributed by atoms with E-state index in [-0.39, 0.29) is 25.0 Å². The predicted molar refractivity (Wildman–Crippen MR) is 121 cm³/mol. The molecule has 31 heavy (non-hydrogen) atoms. The van der Waals surface area contributed by atoms with Crippen LogP contribution in [0.2, 0.25) is 10.0 Å². The average molecular weight is 469 g/mol. The minimum atomic E-state index is -0.671. The number of hydrogen-bond donors (Lipinski definition) is 1. The summed E-state index contributed by atoms with van der Waals surface area (Å²) in [6, 6.07) is 9.81. The van der Waals surface area contributed by atoms with Gasteiger partial charge in [0, 0.05) is 13.1 Å². The molecule has 2 aromatic carbocycles. The van der Waals surface area contributed by atoms with Crippen LogP contribution in [0.1, 0.15) is 38.7 Å². The summed E-state index contributed by atoms with van der Waals surface area (Å²) >= 11 is 12.1. The summed E-state index contributed by atoms with van der Waals surface area (Å²) in [5, 5.41) is 3.67. The highest BCUT2D eigenvalue weighted by atomic mass is 35.5. The molecule has 2 rings (SSSR count). The quantitative estimate of drug-likeness (QED) is 0.459. The molecule has 0 saturated carbocycles. The van der Waals surface area contributed by atoms with Crippen molar-refractivity contribution in [2.45, 2.75) is 45.7 Å². The zero-order chi connectivity index (χ0) is 22.8. The average Bonchev–Trinajstić information content (AvgIpc) is 2.75. The van der Waals surface area contributed by atoms with E-state index in [1.165, 1.54) is 29.2 Å². The van der Waals surface area contributed by atoms with Gasteiger partial charge in [-0.15, -0.1) is 0 Å². The Morgan fingerprint density at radius 2 is 1.81 bits per heavy atom. The number of halogens is 3. The number of benzene rings is 2. The van der Waals surface area contributed by atoms with Gasteiger partial charge in [-0.2, -0.15) is 0 Å². The molecule has 1 N–H and O–H groups in total. The normalized spacial score (nSPS) is 11.6. The fourth-order valence-corrected chi connectivity index (χ4v) is 3.34. The second-order valence-electron chi connectivity index (χ2n) is 7.08. The molecule has 2 amide bonds. The molecule has 0 saturated heterocycles. The SMILES string of the molecule is CCCCNC(=O)[C@@H](CC)N(Cc1ccc(Cl)c(Cl)c1)C(=O)COc1ccc(F)cc1. The predicted octanol–water partition coefficient (Wildman–Crippen LogP) is 5.24. The lowest BCUT2D eigenvalue weighted by Gasteiger charge is -2.30. The number of unbranched alkanes of at least 4 members (excludes halogenated alkanes) is 1. The van der Waals surface area contributed by atoms with Crippen LogP contribution in [0, 0.1) is 5.82 Å². The summed E-state index contributed by atoms with van der Waals surface area (Å²) in [4.78, 5) is 27.3. The Balaban J connectivity index is 2.19. The van der Waals surface area contributed by atoms with E-state index in [1.54, 1.807) is 18.2 Å². The van der Waals surface area contributed by atoms with E-state index in [1.807, 2.05) is 13.8 Å². The van der Waals surface area contributed by atoms with E-state index >= 15 is 0 Å². The Bertz CT molecular complexity index is 878. The molecule has 0 spiro atoms. The van der Waals surface area contributed by atoms with Crippen molar-refractivity contribution in [3.63, 3.8) is 0 Å². The van der Waals surface area contributed by atoms with Gasteiger partial charge in [0.05, 0.1) is 10.0 Å². The minimum Gasteiger partial charge on any atom is -0.484 e. The van der Waals surface area contributed by atoms with E-state index in [0.29, 0.717) is 28.8 Å². The van der Waals surface area contributed by atoms with Crippen LogP contribution >= 0.6 is 23.2 Å². The standard InChI is InChI=1S/C23H27Cl2FN2O3/c1-3-5-12-27-23(30)21(4-2)28(14-16-6-11-19(24)20(25)13-16)22(29)15-31-18-9-7-17(26)8-10-18/h6-11,13,21H,3-5,12,14-15H2,1-2H3,(H,27,30)/t21-/m1/s1. The van der Waals surface area contributed by atoms with Gasteiger partial charge in [-0.1, -0.05) is 49.5 Å². The number of ether oxygens (including phenoxy) is 1. The highest BCUT2D eigenvalue weighted by Crippen LogP contribution is 2.24. The number of carbonyl (C=O) groups is 2. The van der Waals surface area contributed by atoms with Crippen LogP contribution < -0.4 is 10.1 Å². The van der Waals surface area contributed by atoms with Crippen molar-refractivity contribution in [3.8, 4) is 5.75 Å². The number of hydrogen-bond acceptors (Lipinski definition) is 3. The third kappa shape index (κ3) is 7.71. The van der Waals surface area contributed by atoms with Crippen LogP contribution in [0.5, 0.6) is 5.75 Å². The van der Waals surface area contributed by atoms with Crippen LogP contribution in [0.15, 0.2) is 42.5 Å². The number of nitrogens with zero attached hydrogens (tertiary/aromatic N) is 1. The highest BCUT2D eigenvalue weighted by molar-refractivity contribution is 6.42. The van der Waals surface area contributed by atoms with E-state index < -0.39 is 11.9 Å². The lowest BCUT2D eigenvalue weighted by Crippen LogP contribution is -2.50. The van der Waals surface area contributed by atoms with Crippen LogP contribution in [0.3, 0.4) is 0 Å². The maximum absolute atomic E-state index is 13.1. The van der Waals surface area contributed by atoms with E-state index in [2.05, 4.69) is 5.32 Å². The Hall–Kier alpha value is -2.31. The zero-order valence-corrected chi connectivity index (χ0v) is 19.2. The topological polar surface area (TPSA) is 58.6 Å². The summed E-state index contributed by atoms with van der Waals surface area (Å²) in [5.41, 5.74) is 0.740. The second-order valence-corrected chi connectivity index (χ2v) is 7.90. The smallest absolute Gasteiger partial charge is 0.261 e. The molecule has 168 valence electrons. The fraction of sp³-hybridized carbons (Fsp3) is 0.391. The molecular formula is C23H27Cl2FN2O3. The molecule has 0 bridgehead atoms. The number of carbonyl (C=O) groups excluding carboxylic acids is 2. The van der Waals surface area contributed by atoms with Crippen LogP contribution in [0.4, 0.5) is 4.39 Å². The Morgan fingerprint density at radius 3 is 2.42 bits per heavy atom. The lowest BCUT2D eigenvalue weighted by molar-refractivity contribution is -0.143. The summed E-state index contributed by atoms with van der Waals surface area (Å²) < 4.78 is 18.6. The summed E-state index contributed by atoms with van der Waals surface area (Å²) in [5.74, 6) is -0.613. The molecule has 8 heteroatoms. The van der Waals surface area contributed by atoms with Crippen molar-refractivity contribution in [1.29, 1.82) is 0 Å². The third-order valence-corrected chi connectivity index (χ3v) is 5.47. The van der Waals surface area contributed by atoms with Gasteiger partial charge in [-0.25, -0.2) is 4.39 Å². The second kappa shape index (κ2) is 12.5. The van der Waals surface area contributed by atoms with Crippen molar-refractivity contribution < 1.29 is 18.7 Å². The Kier molecular flexibility index (Phi) is 10.1. The third-order valence-electron chi connectivity index (χ3n) is 4.73. The van der Waals surface area contributed by atoms with Crippen LogP contribution in [-0.2, 0) is 16.1 Å². The van der Waals surface area contributed by atoms with Gasteiger partial charge in [0.1, 0.15) is 17.6 Å². The van der Waals surface area contributed by atoms with Gasteiger partial charge in [0.2, 0.25) is 5.91 Å². The monoisotopic (exact) mass is 468 g/mol. The maximum Gasteiger partial charge on any atom is 0.261 e. The number of amides is 2. The molecule has 0 unspecified atom stereocenters. The first kappa shape index (κ1) is 25.0. The summed E-state index contributed by atoms with van der Waals surface area (Å²) in [6.07, 6.45) is 2.24. The molecule has 0 aliphatic carbocycles. The molecule has 0 aromatic heterocycles. The van der Waals surface area contributed by atoms with Crippen LogP contribution in [0.25, 0.3) is 0 Å². The molecule has 1 atom stereocenters. The van der Waals surface area contributed by atoms with Crippen molar-refractivity contribution in [2.75, 3.05) is 13.2 Å². The zero-order valence-electron chi connectivity index (χ0n) is 17.7. The summed E-state index contributed by atoms with van der Waals surface area (Å²) in [7, 11) is 0. The summed E-state index contributed by atoms with van der Waals surface area (Å²) in [6.45, 7) is 4.32. The van der Waals surface area contributed by atoms with Crippen molar-refractivity contribution >= 4 is 35.0 Å².